The predicted molar refractivity (Wildman–Crippen MR) is 103 cm³/mol. The molecule has 0 saturated heterocycles. The van der Waals surface area contributed by atoms with Gasteiger partial charge in [0.15, 0.2) is 0 Å². The average molecular weight is 375 g/mol. The molecule has 1 unspecified atom stereocenters. The van der Waals surface area contributed by atoms with E-state index in [2.05, 4.69) is 6.92 Å². The molecule has 0 spiro atoms. The fourth-order valence-corrected chi connectivity index (χ4v) is 3.24. The van der Waals surface area contributed by atoms with E-state index in [1.807, 2.05) is 0 Å². The first-order chi connectivity index (χ1) is 10.5. The van der Waals surface area contributed by atoms with Crippen LogP contribution in [0.5, 0.6) is 0 Å². The van der Waals surface area contributed by atoms with E-state index in [-0.39, 0.29) is 51.4 Å². The molecule has 0 fully saturated rings. The van der Waals surface area contributed by atoms with Gasteiger partial charge in [-0.1, -0.05) is 96.8 Å². The summed E-state index contributed by atoms with van der Waals surface area (Å²) in [6.07, 6.45) is 18.8. The van der Waals surface area contributed by atoms with E-state index in [4.69, 9.17) is 4.55 Å². The first-order valence-corrected chi connectivity index (χ1v) is 10.9. The minimum absolute atomic E-state index is 0. The topological polar surface area (TPSA) is 54.4 Å². The molecule has 1 N–H and O–H groups in total. The van der Waals surface area contributed by atoms with Gasteiger partial charge in [-0.25, -0.2) is 0 Å². The average Bonchev–Trinajstić information content (AvgIpc) is 2.46. The van der Waals surface area contributed by atoms with Crippen LogP contribution in [0, 0.1) is 0 Å². The second kappa shape index (κ2) is 18.3. The van der Waals surface area contributed by atoms with Gasteiger partial charge in [0.25, 0.3) is 10.1 Å². The molecular weight excluding hydrogens is 335 g/mol. The van der Waals surface area contributed by atoms with E-state index in [9.17, 15) is 8.42 Å². The molecule has 3 nitrogen and oxygen atoms in total. The Hall–Kier alpha value is 1.55. The van der Waals surface area contributed by atoms with Crippen LogP contribution >= 0.6 is 0 Å². The number of hydrogen-bond acceptors (Lipinski definition) is 2. The molecule has 0 aliphatic rings. The Labute approximate surface area is 187 Å². The monoisotopic (exact) mass is 374 g/mol. The molecule has 0 heterocycles. The quantitative estimate of drug-likeness (QED) is 0.221. The van der Waals surface area contributed by atoms with Gasteiger partial charge in [0.1, 0.15) is 0 Å². The van der Waals surface area contributed by atoms with Crippen molar-refractivity contribution in [2.45, 2.75) is 115 Å². The maximum atomic E-state index is 10.9. The van der Waals surface area contributed by atoms with Crippen LogP contribution in [0.3, 0.4) is 0 Å². The van der Waals surface area contributed by atoms with Crippen molar-refractivity contribution in [1.29, 1.82) is 0 Å². The summed E-state index contributed by atoms with van der Waals surface area (Å²) in [7, 11) is -3.82. The van der Waals surface area contributed by atoms with Crippen LogP contribution in [0.15, 0.2) is 0 Å². The van der Waals surface area contributed by atoms with Crippen LogP contribution in [0.25, 0.3) is 0 Å². The minimum atomic E-state index is -3.82. The van der Waals surface area contributed by atoms with Gasteiger partial charge >= 0.3 is 51.4 Å². The maximum absolute atomic E-state index is 10.9. The number of unbranched alkanes of at least 4 members (excludes halogenated alkanes) is 13. The Bertz CT molecular complexity index is 331. The van der Waals surface area contributed by atoms with Crippen LogP contribution in [0.1, 0.15) is 110 Å². The molecule has 0 bridgehead atoms. The molecule has 0 amide bonds. The second-order valence-corrected chi connectivity index (χ2v) is 8.55. The van der Waals surface area contributed by atoms with E-state index in [0.717, 1.165) is 12.8 Å². The molecule has 0 aromatic carbocycles. The van der Waals surface area contributed by atoms with Crippen molar-refractivity contribution in [3.8, 4) is 0 Å². The Morgan fingerprint density at radius 3 is 1.30 bits per heavy atom. The molecule has 5 heteroatoms. The molecule has 0 aromatic heterocycles. The predicted octanol–water partition coefficient (Wildman–Crippen LogP) is 5.49. The van der Waals surface area contributed by atoms with Gasteiger partial charge in [0.2, 0.25) is 0 Å². The summed E-state index contributed by atoms with van der Waals surface area (Å²) >= 11 is 0. The van der Waals surface area contributed by atoms with Gasteiger partial charge < -0.3 is 0 Å². The van der Waals surface area contributed by atoms with Gasteiger partial charge in [-0.2, -0.15) is 8.42 Å². The third kappa shape index (κ3) is 19.7. The van der Waals surface area contributed by atoms with Crippen molar-refractivity contribution in [1.82, 2.24) is 0 Å². The molecule has 0 aliphatic heterocycles. The third-order valence-electron chi connectivity index (χ3n) is 4.47. The van der Waals surface area contributed by atoms with Gasteiger partial charge in [-0.3, -0.25) is 4.55 Å². The summed E-state index contributed by atoms with van der Waals surface area (Å²) in [5, 5.41) is -0.607. The van der Waals surface area contributed by atoms with Gasteiger partial charge in [0.05, 0.1) is 5.25 Å². The van der Waals surface area contributed by atoms with Crippen molar-refractivity contribution in [3.05, 3.63) is 0 Å². The molecule has 23 heavy (non-hydrogen) atoms. The van der Waals surface area contributed by atoms with Crippen molar-refractivity contribution in [3.63, 3.8) is 0 Å². The molecule has 1 atom stereocenters. The summed E-state index contributed by atoms with van der Waals surface area (Å²) in [5.41, 5.74) is 0. The van der Waals surface area contributed by atoms with E-state index in [1.165, 1.54) is 77.0 Å². The van der Waals surface area contributed by atoms with Crippen LogP contribution in [0.2, 0.25) is 0 Å². The molecule has 0 rings (SSSR count). The molecule has 0 aliphatic carbocycles. The normalized spacial score (nSPS) is 12.8. The Kier molecular flexibility index (Phi) is 21.3. The summed E-state index contributed by atoms with van der Waals surface area (Å²) in [5.74, 6) is 0. The second-order valence-electron chi connectivity index (χ2n) is 6.71. The van der Waals surface area contributed by atoms with Crippen molar-refractivity contribution in [2.24, 2.45) is 0 Å². The SMILES string of the molecule is CCCCCCCCCCCCCCCCC(C)S(=O)(=O)O.[KH]. The zero-order valence-corrected chi connectivity index (χ0v) is 15.7. The molecular formula is C18H39KO3S. The van der Waals surface area contributed by atoms with Crippen molar-refractivity contribution in [2.75, 3.05) is 0 Å². The van der Waals surface area contributed by atoms with E-state index in [0.29, 0.717) is 6.42 Å². The first-order valence-electron chi connectivity index (χ1n) is 9.44. The van der Waals surface area contributed by atoms with E-state index < -0.39 is 15.4 Å². The van der Waals surface area contributed by atoms with Crippen LogP contribution in [-0.2, 0) is 10.1 Å². The molecule has 0 aromatic rings. The van der Waals surface area contributed by atoms with E-state index >= 15 is 0 Å². The van der Waals surface area contributed by atoms with Gasteiger partial charge in [0, 0.05) is 0 Å². The first kappa shape index (κ1) is 26.8. The summed E-state index contributed by atoms with van der Waals surface area (Å²) in [6, 6.07) is 0. The molecule has 0 radical (unpaired) electrons. The Morgan fingerprint density at radius 2 is 1.00 bits per heavy atom. The fraction of sp³-hybridized carbons (Fsp3) is 1.00. The van der Waals surface area contributed by atoms with Gasteiger partial charge in [-0.05, 0) is 13.3 Å². The van der Waals surface area contributed by atoms with Crippen molar-refractivity contribution >= 4 is 61.5 Å². The summed E-state index contributed by atoms with van der Waals surface area (Å²) in [6.45, 7) is 3.84. The van der Waals surface area contributed by atoms with Crippen LogP contribution in [0.4, 0.5) is 0 Å². The Morgan fingerprint density at radius 1 is 0.696 bits per heavy atom. The van der Waals surface area contributed by atoms with Crippen LogP contribution < -0.4 is 0 Å². The molecule has 0 saturated carbocycles. The summed E-state index contributed by atoms with van der Waals surface area (Å²) < 4.78 is 30.6. The Balaban J connectivity index is 0. The third-order valence-corrected chi connectivity index (χ3v) is 5.73. The number of hydrogen-bond donors (Lipinski definition) is 1. The van der Waals surface area contributed by atoms with Crippen molar-refractivity contribution < 1.29 is 13.0 Å². The fourth-order valence-electron chi connectivity index (χ4n) is 2.78. The van der Waals surface area contributed by atoms with Crippen LogP contribution in [-0.4, -0.2) is 69.6 Å². The van der Waals surface area contributed by atoms with E-state index in [1.54, 1.807) is 6.92 Å². The zero-order valence-electron chi connectivity index (χ0n) is 14.9. The summed E-state index contributed by atoms with van der Waals surface area (Å²) in [4.78, 5) is 0. The number of rotatable bonds is 16. The standard InChI is InChI=1S/C18H38O3S.K.H/c1-3-4-5-6-7-8-9-10-11-12-13-14-15-16-17-18(2)22(19,20)21;;/h18H,3-17H2,1-2H3,(H,19,20,21);;. The molecule has 136 valence electrons. The van der Waals surface area contributed by atoms with Gasteiger partial charge in [-0.15, -0.1) is 0 Å². The zero-order chi connectivity index (χ0) is 16.7.